The topological polar surface area (TPSA) is 87.1 Å². The first-order chi connectivity index (χ1) is 9.42. The number of fused-ring (bicyclic) bond motifs is 1. The average Bonchev–Trinajstić information content (AvgIpc) is 2.66. The quantitative estimate of drug-likeness (QED) is 0.777. The summed E-state index contributed by atoms with van der Waals surface area (Å²) in [4.78, 5) is 25.3. The summed E-state index contributed by atoms with van der Waals surface area (Å²) in [6.45, 7) is -1.08. The van der Waals surface area contributed by atoms with E-state index < -0.39 is 30.5 Å². The molecule has 0 aliphatic carbocycles. The van der Waals surface area contributed by atoms with Crippen LogP contribution in [0.5, 0.6) is 0 Å². The molecule has 2 rings (SSSR count). The van der Waals surface area contributed by atoms with Gasteiger partial charge in [-0.1, -0.05) is 0 Å². The van der Waals surface area contributed by atoms with E-state index in [4.69, 9.17) is 0 Å². The Labute approximate surface area is 124 Å². The maximum Gasteiger partial charge on any atom is 0.339 e. The van der Waals surface area contributed by atoms with Crippen LogP contribution >= 0.6 is 15.9 Å². The number of aliphatic hydroxyl groups excluding tert-OH is 2. The SMILES string of the molecule is COC(=O)c1cc2c(cc1Br)N(C)C(=O)C2(CO)CO. The number of aliphatic hydroxyl groups is 2. The standard InChI is InChI=1S/C13H14BrNO5/c1-15-10-4-9(14)7(11(18)20-2)3-8(10)13(5-16,6-17)12(15)19/h3-4,16-17H,5-6H2,1-2H3. The number of esters is 1. The molecule has 0 saturated carbocycles. The van der Waals surface area contributed by atoms with Crippen LogP contribution in [0.2, 0.25) is 0 Å². The van der Waals surface area contributed by atoms with Gasteiger partial charge in [0, 0.05) is 17.2 Å². The number of rotatable bonds is 3. The third-order valence-electron chi connectivity index (χ3n) is 3.62. The molecule has 1 aromatic carbocycles. The monoisotopic (exact) mass is 343 g/mol. The average molecular weight is 344 g/mol. The van der Waals surface area contributed by atoms with Crippen molar-refractivity contribution in [2.24, 2.45) is 0 Å². The van der Waals surface area contributed by atoms with E-state index in [-0.39, 0.29) is 5.56 Å². The predicted octanol–water partition coefficient (Wildman–Crippen LogP) is 0.434. The van der Waals surface area contributed by atoms with Crippen molar-refractivity contribution in [3.05, 3.63) is 27.7 Å². The molecule has 1 aromatic rings. The van der Waals surface area contributed by atoms with Crippen LogP contribution < -0.4 is 4.90 Å². The highest BCUT2D eigenvalue weighted by Gasteiger charge is 2.49. The number of ether oxygens (including phenoxy) is 1. The molecule has 0 spiro atoms. The van der Waals surface area contributed by atoms with Gasteiger partial charge in [0.05, 0.1) is 25.9 Å². The highest BCUT2D eigenvalue weighted by Crippen LogP contribution is 2.43. The molecule has 1 aliphatic rings. The van der Waals surface area contributed by atoms with E-state index in [1.165, 1.54) is 18.1 Å². The van der Waals surface area contributed by atoms with Gasteiger partial charge in [-0.3, -0.25) is 4.79 Å². The molecule has 0 atom stereocenters. The number of hydrogen-bond acceptors (Lipinski definition) is 5. The number of hydrogen-bond donors (Lipinski definition) is 2. The van der Waals surface area contributed by atoms with E-state index in [0.717, 1.165) is 0 Å². The minimum Gasteiger partial charge on any atom is -0.465 e. The van der Waals surface area contributed by atoms with Crippen molar-refractivity contribution in [2.45, 2.75) is 5.41 Å². The van der Waals surface area contributed by atoms with Crippen LogP contribution in [0.3, 0.4) is 0 Å². The molecule has 1 heterocycles. The van der Waals surface area contributed by atoms with Crippen molar-refractivity contribution in [1.82, 2.24) is 0 Å². The number of nitrogens with zero attached hydrogens (tertiary/aromatic N) is 1. The van der Waals surface area contributed by atoms with Crippen LogP contribution in [-0.2, 0) is 14.9 Å². The molecule has 0 radical (unpaired) electrons. The number of carbonyl (C=O) groups excluding carboxylic acids is 2. The van der Waals surface area contributed by atoms with Gasteiger partial charge < -0.3 is 19.8 Å². The fourth-order valence-electron chi connectivity index (χ4n) is 2.39. The highest BCUT2D eigenvalue weighted by atomic mass is 79.9. The molecule has 0 bridgehead atoms. The largest absolute Gasteiger partial charge is 0.465 e. The fraction of sp³-hybridized carbons (Fsp3) is 0.385. The van der Waals surface area contributed by atoms with Crippen molar-refractivity contribution in [3.8, 4) is 0 Å². The second kappa shape index (κ2) is 5.16. The van der Waals surface area contributed by atoms with Crippen LogP contribution in [0.15, 0.2) is 16.6 Å². The zero-order valence-corrected chi connectivity index (χ0v) is 12.6. The molecule has 1 amide bonds. The Balaban J connectivity index is 2.71. The first kappa shape index (κ1) is 15.0. The maximum absolute atomic E-state index is 12.3. The first-order valence-electron chi connectivity index (χ1n) is 5.85. The molecule has 2 N–H and O–H groups in total. The van der Waals surface area contributed by atoms with E-state index in [1.807, 2.05) is 0 Å². The lowest BCUT2D eigenvalue weighted by molar-refractivity contribution is -0.125. The molecule has 20 heavy (non-hydrogen) atoms. The van der Waals surface area contributed by atoms with E-state index in [0.29, 0.717) is 15.7 Å². The van der Waals surface area contributed by atoms with Crippen LogP contribution in [-0.4, -0.2) is 49.5 Å². The Bertz CT molecular complexity index is 582. The molecule has 0 saturated heterocycles. The summed E-state index contributed by atoms with van der Waals surface area (Å²) >= 11 is 3.26. The lowest BCUT2D eigenvalue weighted by Gasteiger charge is -2.23. The minimum atomic E-state index is -1.42. The number of amides is 1. The third kappa shape index (κ3) is 1.85. The number of benzene rings is 1. The second-order valence-corrected chi connectivity index (χ2v) is 5.46. The summed E-state index contributed by atoms with van der Waals surface area (Å²) in [5.74, 6) is -0.974. The van der Waals surface area contributed by atoms with E-state index in [1.54, 1.807) is 13.1 Å². The lowest BCUT2D eigenvalue weighted by Crippen LogP contribution is -2.44. The summed E-state index contributed by atoms with van der Waals surface area (Å²) in [5.41, 5.74) is -0.232. The van der Waals surface area contributed by atoms with E-state index in [2.05, 4.69) is 20.7 Å². The molecule has 6 nitrogen and oxygen atoms in total. The summed E-state index contributed by atoms with van der Waals surface area (Å²) in [6.07, 6.45) is 0. The number of methoxy groups -OCH3 is 1. The fourth-order valence-corrected chi connectivity index (χ4v) is 2.88. The zero-order valence-electron chi connectivity index (χ0n) is 11.0. The van der Waals surface area contributed by atoms with Crippen LogP contribution in [0.25, 0.3) is 0 Å². The van der Waals surface area contributed by atoms with Crippen LogP contribution in [0.4, 0.5) is 5.69 Å². The number of anilines is 1. The van der Waals surface area contributed by atoms with Gasteiger partial charge >= 0.3 is 5.97 Å². The Hall–Kier alpha value is -1.44. The Morgan fingerprint density at radius 3 is 2.50 bits per heavy atom. The smallest absolute Gasteiger partial charge is 0.339 e. The van der Waals surface area contributed by atoms with Gasteiger partial charge in [-0.25, -0.2) is 4.79 Å². The van der Waals surface area contributed by atoms with Gasteiger partial charge in [0.25, 0.3) is 0 Å². The minimum absolute atomic E-state index is 0.237. The number of likely N-dealkylation sites (N-methyl/N-ethyl adjacent to an activating group) is 1. The molecular formula is C13H14BrNO5. The molecule has 108 valence electrons. The Kier molecular flexibility index (Phi) is 3.86. The van der Waals surface area contributed by atoms with Crippen molar-refractivity contribution in [2.75, 3.05) is 32.3 Å². The molecule has 1 aliphatic heterocycles. The van der Waals surface area contributed by atoms with Crippen molar-refractivity contribution >= 4 is 33.5 Å². The summed E-state index contributed by atoms with van der Waals surface area (Å²) < 4.78 is 5.15. The summed E-state index contributed by atoms with van der Waals surface area (Å²) in [7, 11) is 2.81. The van der Waals surface area contributed by atoms with E-state index >= 15 is 0 Å². The first-order valence-corrected chi connectivity index (χ1v) is 6.64. The molecule has 7 heteroatoms. The van der Waals surface area contributed by atoms with Crippen LogP contribution in [0, 0.1) is 0 Å². The van der Waals surface area contributed by atoms with Crippen molar-refractivity contribution in [1.29, 1.82) is 0 Å². The summed E-state index contributed by atoms with van der Waals surface area (Å²) in [6, 6.07) is 3.08. The Morgan fingerprint density at radius 2 is 2.00 bits per heavy atom. The van der Waals surface area contributed by atoms with E-state index in [9.17, 15) is 19.8 Å². The summed E-state index contributed by atoms with van der Waals surface area (Å²) in [5, 5.41) is 19.1. The van der Waals surface area contributed by atoms with Gasteiger partial charge in [0.15, 0.2) is 0 Å². The maximum atomic E-state index is 12.3. The van der Waals surface area contributed by atoms with Gasteiger partial charge in [-0.2, -0.15) is 0 Å². The normalized spacial score (nSPS) is 16.2. The Morgan fingerprint density at radius 1 is 1.40 bits per heavy atom. The van der Waals surface area contributed by atoms with Gasteiger partial charge in [-0.05, 0) is 33.6 Å². The molecule has 0 aromatic heterocycles. The van der Waals surface area contributed by atoms with Crippen LogP contribution in [0.1, 0.15) is 15.9 Å². The van der Waals surface area contributed by atoms with Gasteiger partial charge in [0.2, 0.25) is 5.91 Å². The number of carbonyl (C=O) groups is 2. The number of halogens is 1. The van der Waals surface area contributed by atoms with Crippen molar-refractivity contribution in [3.63, 3.8) is 0 Å². The van der Waals surface area contributed by atoms with Gasteiger partial charge in [-0.15, -0.1) is 0 Å². The second-order valence-electron chi connectivity index (χ2n) is 4.60. The highest BCUT2D eigenvalue weighted by molar-refractivity contribution is 9.10. The van der Waals surface area contributed by atoms with Crippen molar-refractivity contribution < 1.29 is 24.5 Å². The third-order valence-corrected chi connectivity index (χ3v) is 4.28. The molecule has 0 fully saturated rings. The van der Waals surface area contributed by atoms with Gasteiger partial charge in [0.1, 0.15) is 5.41 Å². The predicted molar refractivity (Wildman–Crippen MR) is 74.7 cm³/mol. The molecular weight excluding hydrogens is 330 g/mol. The lowest BCUT2D eigenvalue weighted by atomic mass is 9.82. The molecule has 0 unspecified atom stereocenters. The zero-order chi connectivity index (χ0) is 15.1.